The molecule has 0 aliphatic heterocycles. The van der Waals surface area contributed by atoms with Crippen LogP contribution in [0.3, 0.4) is 0 Å². The standard InChI is InChI=1S/C18H24N4OS/c1-4-10-22-16(14-7-5-6-12(2)11-14)20-21-18(22)24-13(3)17(23)19-15-8-9-15/h5-7,11,13,15H,4,8-10H2,1-3H3,(H,19,23). The predicted molar refractivity (Wildman–Crippen MR) is 97.0 cm³/mol. The maximum absolute atomic E-state index is 12.2. The SMILES string of the molecule is CCCn1c(SC(C)C(=O)NC2CC2)nnc1-c1cccc(C)c1. The fourth-order valence-electron chi connectivity index (χ4n) is 2.56. The van der Waals surface area contributed by atoms with E-state index in [1.165, 1.54) is 17.3 Å². The first-order chi connectivity index (χ1) is 11.6. The van der Waals surface area contributed by atoms with Gasteiger partial charge in [-0.3, -0.25) is 4.79 Å². The lowest BCUT2D eigenvalue weighted by atomic mass is 10.1. The average Bonchev–Trinajstić information content (AvgIpc) is 3.29. The van der Waals surface area contributed by atoms with Crippen LogP contribution < -0.4 is 5.32 Å². The largest absolute Gasteiger partial charge is 0.352 e. The number of thioether (sulfide) groups is 1. The van der Waals surface area contributed by atoms with Crippen LogP contribution in [0.15, 0.2) is 29.4 Å². The molecule has 3 rings (SSSR count). The number of nitrogens with one attached hydrogen (secondary N) is 1. The van der Waals surface area contributed by atoms with Crippen molar-refractivity contribution in [3.63, 3.8) is 0 Å². The van der Waals surface area contributed by atoms with Crippen LogP contribution in [-0.2, 0) is 11.3 Å². The maximum atomic E-state index is 12.2. The minimum Gasteiger partial charge on any atom is -0.352 e. The second kappa shape index (κ2) is 7.38. The van der Waals surface area contributed by atoms with Crippen molar-refractivity contribution in [2.24, 2.45) is 0 Å². The zero-order valence-electron chi connectivity index (χ0n) is 14.5. The van der Waals surface area contributed by atoms with Gasteiger partial charge in [-0.15, -0.1) is 10.2 Å². The number of amides is 1. The van der Waals surface area contributed by atoms with Crippen LogP contribution in [0.4, 0.5) is 0 Å². The van der Waals surface area contributed by atoms with Gasteiger partial charge in [-0.2, -0.15) is 0 Å². The summed E-state index contributed by atoms with van der Waals surface area (Å²) in [6.45, 7) is 6.98. The number of rotatable bonds is 7. The smallest absolute Gasteiger partial charge is 0.233 e. The molecule has 1 amide bonds. The molecular formula is C18H24N4OS. The molecule has 1 atom stereocenters. The van der Waals surface area contributed by atoms with Gasteiger partial charge in [0, 0.05) is 18.2 Å². The predicted octanol–water partition coefficient (Wildman–Crippen LogP) is 3.42. The molecule has 1 unspecified atom stereocenters. The van der Waals surface area contributed by atoms with E-state index in [0.717, 1.165) is 42.4 Å². The van der Waals surface area contributed by atoms with Crippen LogP contribution in [0.5, 0.6) is 0 Å². The van der Waals surface area contributed by atoms with Crippen LogP contribution >= 0.6 is 11.8 Å². The third-order valence-corrected chi connectivity index (χ3v) is 5.10. The minimum absolute atomic E-state index is 0.0886. The van der Waals surface area contributed by atoms with Crippen molar-refractivity contribution in [2.75, 3.05) is 0 Å². The van der Waals surface area contributed by atoms with Crippen molar-refractivity contribution in [3.8, 4) is 11.4 Å². The third kappa shape index (κ3) is 3.98. The van der Waals surface area contributed by atoms with E-state index in [2.05, 4.69) is 52.1 Å². The molecule has 1 fully saturated rings. The van der Waals surface area contributed by atoms with Gasteiger partial charge in [0.05, 0.1) is 5.25 Å². The number of benzene rings is 1. The molecule has 5 nitrogen and oxygen atoms in total. The lowest BCUT2D eigenvalue weighted by Gasteiger charge is -2.13. The van der Waals surface area contributed by atoms with Gasteiger partial charge < -0.3 is 9.88 Å². The average molecular weight is 344 g/mol. The first kappa shape index (κ1) is 17.0. The molecule has 1 heterocycles. The molecule has 1 saturated carbocycles. The highest BCUT2D eigenvalue weighted by Gasteiger charge is 2.27. The quantitative estimate of drug-likeness (QED) is 0.782. The highest BCUT2D eigenvalue weighted by molar-refractivity contribution is 8.00. The molecule has 0 bridgehead atoms. The van der Waals surface area contributed by atoms with Gasteiger partial charge in [-0.25, -0.2) is 0 Å². The Kier molecular flexibility index (Phi) is 5.23. The summed E-state index contributed by atoms with van der Waals surface area (Å²) in [5, 5.41) is 12.4. The van der Waals surface area contributed by atoms with Crippen LogP contribution in [0.1, 0.15) is 38.7 Å². The van der Waals surface area contributed by atoms with Crippen LogP contribution in [0.2, 0.25) is 0 Å². The van der Waals surface area contributed by atoms with Gasteiger partial charge in [0.1, 0.15) is 0 Å². The van der Waals surface area contributed by atoms with E-state index in [9.17, 15) is 4.79 Å². The lowest BCUT2D eigenvalue weighted by Crippen LogP contribution is -2.32. The van der Waals surface area contributed by atoms with Crippen molar-refractivity contribution < 1.29 is 4.79 Å². The Labute approximate surface area is 147 Å². The van der Waals surface area contributed by atoms with Gasteiger partial charge in [-0.1, -0.05) is 42.4 Å². The molecule has 1 aliphatic carbocycles. The van der Waals surface area contributed by atoms with E-state index in [0.29, 0.717) is 6.04 Å². The molecule has 0 saturated heterocycles. The molecule has 24 heavy (non-hydrogen) atoms. The van der Waals surface area contributed by atoms with Crippen molar-refractivity contribution in [3.05, 3.63) is 29.8 Å². The fourth-order valence-corrected chi connectivity index (χ4v) is 3.44. The van der Waals surface area contributed by atoms with Crippen molar-refractivity contribution >= 4 is 17.7 Å². The van der Waals surface area contributed by atoms with Crippen molar-refractivity contribution in [1.82, 2.24) is 20.1 Å². The Bertz CT molecular complexity index is 724. The van der Waals surface area contributed by atoms with E-state index in [-0.39, 0.29) is 11.2 Å². The number of hydrogen-bond donors (Lipinski definition) is 1. The van der Waals surface area contributed by atoms with Gasteiger partial charge in [0.15, 0.2) is 11.0 Å². The molecular weight excluding hydrogens is 320 g/mol. The van der Waals surface area contributed by atoms with Crippen molar-refractivity contribution in [2.45, 2.75) is 63.0 Å². The second-order valence-corrected chi connectivity index (χ2v) is 7.68. The summed E-state index contributed by atoms with van der Waals surface area (Å²) in [6.07, 6.45) is 3.20. The number of aryl methyl sites for hydroxylation is 1. The Morgan fingerprint density at radius 3 is 2.88 bits per heavy atom. The Morgan fingerprint density at radius 1 is 1.42 bits per heavy atom. The lowest BCUT2D eigenvalue weighted by molar-refractivity contribution is -0.120. The topological polar surface area (TPSA) is 59.8 Å². The van der Waals surface area contributed by atoms with Gasteiger partial charge >= 0.3 is 0 Å². The first-order valence-electron chi connectivity index (χ1n) is 8.55. The molecule has 128 valence electrons. The van der Waals surface area contributed by atoms with Gasteiger partial charge in [0.25, 0.3) is 0 Å². The van der Waals surface area contributed by atoms with Crippen LogP contribution in [-0.4, -0.2) is 32.0 Å². The fraction of sp³-hybridized carbons (Fsp3) is 0.500. The summed E-state index contributed by atoms with van der Waals surface area (Å²) in [6, 6.07) is 8.67. The zero-order valence-corrected chi connectivity index (χ0v) is 15.3. The zero-order chi connectivity index (χ0) is 17.1. The van der Waals surface area contributed by atoms with Crippen molar-refractivity contribution in [1.29, 1.82) is 0 Å². The number of carbonyl (C=O) groups excluding carboxylic acids is 1. The van der Waals surface area contributed by atoms with E-state index in [1.54, 1.807) is 0 Å². The summed E-state index contributed by atoms with van der Waals surface area (Å²) >= 11 is 1.49. The normalized spacial score (nSPS) is 15.3. The number of hydrogen-bond acceptors (Lipinski definition) is 4. The molecule has 0 radical (unpaired) electrons. The molecule has 6 heteroatoms. The van der Waals surface area contributed by atoms with E-state index < -0.39 is 0 Å². The molecule has 0 spiro atoms. The minimum atomic E-state index is -0.171. The van der Waals surface area contributed by atoms with E-state index >= 15 is 0 Å². The molecule has 1 aromatic heterocycles. The summed E-state index contributed by atoms with van der Waals surface area (Å²) in [7, 11) is 0. The van der Waals surface area contributed by atoms with Crippen LogP contribution in [0.25, 0.3) is 11.4 Å². The third-order valence-electron chi connectivity index (χ3n) is 4.02. The summed E-state index contributed by atoms with van der Waals surface area (Å²) < 4.78 is 2.13. The molecule has 1 aromatic carbocycles. The number of aromatic nitrogens is 3. The van der Waals surface area contributed by atoms with E-state index in [1.807, 2.05) is 13.0 Å². The van der Waals surface area contributed by atoms with Crippen LogP contribution in [0, 0.1) is 6.92 Å². The molecule has 1 N–H and O–H groups in total. The Hall–Kier alpha value is -1.82. The first-order valence-corrected chi connectivity index (χ1v) is 9.43. The number of carbonyl (C=O) groups is 1. The number of nitrogens with zero attached hydrogens (tertiary/aromatic N) is 3. The van der Waals surface area contributed by atoms with E-state index in [4.69, 9.17) is 0 Å². The maximum Gasteiger partial charge on any atom is 0.233 e. The highest BCUT2D eigenvalue weighted by Crippen LogP contribution is 2.28. The monoisotopic (exact) mass is 344 g/mol. The Balaban J connectivity index is 1.81. The van der Waals surface area contributed by atoms with Gasteiger partial charge in [0.2, 0.25) is 5.91 Å². The highest BCUT2D eigenvalue weighted by atomic mass is 32.2. The Morgan fingerprint density at radius 2 is 2.21 bits per heavy atom. The van der Waals surface area contributed by atoms with Gasteiger partial charge in [-0.05, 0) is 39.2 Å². The second-order valence-electron chi connectivity index (χ2n) is 6.37. The summed E-state index contributed by atoms with van der Waals surface area (Å²) in [5.41, 5.74) is 2.27. The summed E-state index contributed by atoms with van der Waals surface area (Å²) in [4.78, 5) is 12.2. The molecule has 2 aromatic rings. The summed E-state index contributed by atoms with van der Waals surface area (Å²) in [5.74, 6) is 0.962. The molecule has 1 aliphatic rings.